The predicted molar refractivity (Wildman–Crippen MR) is 114 cm³/mol. The van der Waals surface area contributed by atoms with Gasteiger partial charge in [-0.15, -0.1) is 0 Å². The average Bonchev–Trinajstić information content (AvgIpc) is 2.94. The highest BCUT2D eigenvalue weighted by atomic mass is 32.2. The van der Waals surface area contributed by atoms with E-state index in [-0.39, 0.29) is 39.4 Å². The SMILES string of the molecule is CC1(C)CC2CC(C)(CN2C(=O)CSc2nc(-c3ccc(F)cc3)cc(C(F)(F)F)n2)C1. The maximum absolute atomic E-state index is 13.4. The molecule has 1 saturated carbocycles. The van der Waals surface area contributed by atoms with E-state index in [1.807, 2.05) is 4.90 Å². The molecule has 2 atom stereocenters. The summed E-state index contributed by atoms with van der Waals surface area (Å²) in [7, 11) is 0. The lowest BCUT2D eigenvalue weighted by molar-refractivity contribution is -0.141. The third-order valence-electron chi connectivity index (χ3n) is 6.20. The molecule has 2 bridgehead atoms. The molecule has 0 N–H and O–H groups in total. The normalized spacial score (nSPS) is 24.6. The van der Waals surface area contributed by atoms with Crippen molar-refractivity contribution in [2.75, 3.05) is 12.3 Å². The number of likely N-dealkylation sites (tertiary alicyclic amines) is 1. The van der Waals surface area contributed by atoms with E-state index in [0.29, 0.717) is 12.1 Å². The fourth-order valence-electron chi connectivity index (χ4n) is 5.36. The van der Waals surface area contributed by atoms with E-state index in [4.69, 9.17) is 0 Å². The second kappa shape index (κ2) is 8.01. The van der Waals surface area contributed by atoms with Gasteiger partial charge in [-0.2, -0.15) is 13.2 Å². The Kier molecular flexibility index (Phi) is 5.76. The number of hydrogen-bond donors (Lipinski definition) is 0. The van der Waals surface area contributed by atoms with Crippen molar-refractivity contribution < 1.29 is 22.4 Å². The van der Waals surface area contributed by atoms with Gasteiger partial charge in [0.25, 0.3) is 0 Å². The molecule has 32 heavy (non-hydrogen) atoms. The van der Waals surface area contributed by atoms with Gasteiger partial charge in [-0.1, -0.05) is 32.5 Å². The Morgan fingerprint density at radius 2 is 1.84 bits per heavy atom. The monoisotopic (exact) mass is 467 g/mol. The Balaban J connectivity index is 1.53. The highest BCUT2D eigenvalue weighted by Crippen LogP contribution is 2.52. The standard InChI is InChI=1S/C23H25F4N3OS/c1-21(2)9-16-10-22(3,12-21)13-30(16)19(31)11-32-20-28-17(8-18(29-20)23(25,26)27)14-4-6-15(24)7-5-14/h4-8,16H,9-13H2,1-3H3. The van der Waals surface area contributed by atoms with Crippen molar-refractivity contribution >= 4 is 17.7 Å². The van der Waals surface area contributed by atoms with Crippen LogP contribution in [0, 0.1) is 16.6 Å². The number of fused-ring (bicyclic) bond motifs is 2. The van der Waals surface area contributed by atoms with E-state index >= 15 is 0 Å². The fraction of sp³-hybridized carbons (Fsp3) is 0.522. The molecule has 2 unspecified atom stereocenters. The predicted octanol–water partition coefficient (Wildman–Crippen LogP) is 5.82. The van der Waals surface area contributed by atoms with Crippen LogP contribution in [0.25, 0.3) is 11.3 Å². The molecule has 1 aliphatic heterocycles. The molecular formula is C23H25F4N3OS. The molecule has 0 radical (unpaired) electrons. The van der Waals surface area contributed by atoms with Gasteiger partial charge in [0.15, 0.2) is 5.16 Å². The molecule has 2 aromatic rings. The minimum absolute atomic E-state index is 0.0306. The summed E-state index contributed by atoms with van der Waals surface area (Å²) < 4.78 is 53.4. The molecular weight excluding hydrogens is 442 g/mol. The number of amides is 1. The third-order valence-corrected chi connectivity index (χ3v) is 7.03. The van der Waals surface area contributed by atoms with Gasteiger partial charge >= 0.3 is 6.18 Å². The largest absolute Gasteiger partial charge is 0.433 e. The van der Waals surface area contributed by atoms with Gasteiger partial charge in [0.1, 0.15) is 11.5 Å². The first-order valence-electron chi connectivity index (χ1n) is 10.5. The van der Waals surface area contributed by atoms with Gasteiger partial charge in [-0.3, -0.25) is 4.79 Å². The van der Waals surface area contributed by atoms with Crippen LogP contribution in [0.5, 0.6) is 0 Å². The molecule has 2 fully saturated rings. The van der Waals surface area contributed by atoms with Gasteiger partial charge in [0.05, 0.1) is 11.4 Å². The quantitative estimate of drug-likeness (QED) is 0.323. The summed E-state index contributed by atoms with van der Waals surface area (Å²) >= 11 is 0.903. The van der Waals surface area contributed by atoms with E-state index < -0.39 is 17.7 Å². The molecule has 172 valence electrons. The maximum atomic E-state index is 13.4. The number of nitrogens with zero attached hydrogens (tertiary/aromatic N) is 3. The van der Waals surface area contributed by atoms with Crippen molar-refractivity contribution in [3.05, 3.63) is 41.8 Å². The Bertz CT molecular complexity index is 1020. The molecule has 1 aromatic heterocycles. The number of benzene rings is 1. The lowest BCUT2D eigenvalue weighted by atomic mass is 9.65. The first-order chi connectivity index (χ1) is 14.8. The Hall–Kier alpha value is -2.16. The zero-order chi connectivity index (χ0) is 23.3. The molecule has 2 heterocycles. The zero-order valence-corrected chi connectivity index (χ0v) is 19.0. The first kappa shape index (κ1) is 23.0. The van der Waals surface area contributed by atoms with Gasteiger partial charge in [-0.05, 0) is 60.4 Å². The van der Waals surface area contributed by atoms with Crippen molar-refractivity contribution in [2.45, 2.75) is 57.4 Å². The van der Waals surface area contributed by atoms with Crippen LogP contribution in [0.15, 0.2) is 35.5 Å². The number of thioether (sulfide) groups is 1. The number of hydrogen-bond acceptors (Lipinski definition) is 4. The smallest absolute Gasteiger partial charge is 0.338 e. The molecule has 4 rings (SSSR count). The molecule has 1 aromatic carbocycles. The molecule has 4 nitrogen and oxygen atoms in total. The summed E-state index contributed by atoms with van der Waals surface area (Å²) in [6.45, 7) is 7.30. The minimum atomic E-state index is -4.66. The Morgan fingerprint density at radius 1 is 1.16 bits per heavy atom. The molecule has 0 spiro atoms. The topological polar surface area (TPSA) is 46.1 Å². The molecule has 9 heteroatoms. The van der Waals surface area contributed by atoms with Crippen LogP contribution in [-0.2, 0) is 11.0 Å². The zero-order valence-electron chi connectivity index (χ0n) is 18.2. The number of aromatic nitrogens is 2. The maximum Gasteiger partial charge on any atom is 0.433 e. The molecule has 1 saturated heterocycles. The third kappa shape index (κ3) is 4.92. The van der Waals surface area contributed by atoms with Gasteiger partial charge in [0, 0.05) is 18.2 Å². The second-order valence-electron chi connectivity index (χ2n) is 9.95. The van der Waals surface area contributed by atoms with E-state index in [1.165, 1.54) is 12.1 Å². The number of halogens is 4. The second-order valence-corrected chi connectivity index (χ2v) is 10.9. The highest BCUT2D eigenvalue weighted by molar-refractivity contribution is 7.99. The van der Waals surface area contributed by atoms with E-state index in [0.717, 1.165) is 49.2 Å². The number of carbonyl (C=O) groups is 1. The van der Waals surface area contributed by atoms with E-state index in [1.54, 1.807) is 0 Å². The van der Waals surface area contributed by atoms with Crippen molar-refractivity contribution in [3.63, 3.8) is 0 Å². The van der Waals surface area contributed by atoms with Crippen LogP contribution < -0.4 is 0 Å². The lowest BCUT2D eigenvalue weighted by Gasteiger charge is -2.39. The van der Waals surface area contributed by atoms with Crippen LogP contribution in [0.1, 0.15) is 45.7 Å². The van der Waals surface area contributed by atoms with Gasteiger partial charge in [0.2, 0.25) is 5.91 Å². The molecule has 1 aliphatic carbocycles. The van der Waals surface area contributed by atoms with Crippen molar-refractivity contribution in [2.24, 2.45) is 10.8 Å². The van der Waals surface area contributed by atoms with Crippen LogP contribution in [0.4, 0.5) is 17.6 Å². The number of rotatable bonds is 4. The molecule has 1 amide bonds. The summed E-state index contributed by atoms with van der Waals surface area (Å²) in [6, 6.07) is 6.05. The summed E-state index contributed by atoms with van der Waals surface area (Å²) in [6.07, 6.45) is -1.73. The minimum Gasteiger partial charge on any atom is -0.338 e. The van der Waals surface area contributed by atoms with Gasteiger partial charge in [-0.25, -0.2) is 14.4 Å². The summed E-state index contributed by atoms with van der Waals surface area (Å²) in [5.74, 6) is -0.630. The first-order valence-corrected chi connectivity index (χ1v) is 11.5. The van der Waals surface area contributed by atoms with Crippen LogP contribution >= 0.6 is 11.8 Å². The van der Waals surface area contributed by atoms with Crippen molar-refractivity contribution in [3.8, 4) is 11.3 Å². The van der Waals surface area contributed by atoms with Crippen molar-refractivity contribution in [1.82, 2.24) is 14.9 Å². The Labute approximate surface area is 188 Å². The summed E-state index contributed by atoms with van der Waals surface area (Å²) in [4.78, 5) is 22.7. The average molecular weight is 468 g/mol. The highest BCUT2D eigenvalue weighted by Gasteiger charge is 2.50. The van der Waals surface area contributed by atoms with E-state index in [2.05, 4.69) is 30.7 Å². The number of alkyl halides is 3. The van der Waals surface area contributed by atoms with E-state index in [9.17, 15) is 22.4 Å². The van der Waals surface area contributed by atoms with Crippen LogP contribution in [-0.4, -0.2) is 39.1 Å². The fourth-order valence-corrected chi connectivity index (χ4v) is 6.11. The number of carbonyl (C=O) groups excluding carboxylic acids is 1. The van der Waals surface area contributed by atoms with Gasteiger partial charge < -0.3 is 4.90 Å². The Morgan fingerprint density at radius 3 is 2.50 bits per heavy atom. The van der Waals surface area contributed by atoms with Crippen LogP contribution in [0.2, 0.25) is 0 Å². The molecule has 2 aliphatic rings. The van der Waals surface area contributed by atoms with Crippen molar-refractivity contribution in [1.29, 1.82) is 0 Å². The summed E-state index contributed by atoms with van der Waals surface area (Å²) in [5.41, 5.74) is -0.471. The lowest BCUT2D eigenvalue weighted by Crippen LogP contribution is -2.38. The summed E-state index contributed by atoms with van der Waals surface area (Å²) in [5, 5.41) is -0.124. The van der Waals surface area contributed by atoms with Crippen LogP contribution in [0.3, 0.4) is 0 Å².